The van der Waals surface area contributed by atoms with Crippen LogP contribution in [0, 0.1) is 24.4 Å². The highest BCUT2D eigenvalue weighted by molar-refractivity contribution is 5.80. The summed E-state index contributed by atoms with van der Waals surface area (Å²) >= 11 is 0. The van der Waals surface area contributed by atoms with Crippen molar-refractivity contribution in [2.75, 3.05) is 0 Å². The molecule has 4 aromatic rings. The Morgan fingerprint density at radius 1 is 1.00 bits per heavy atom. The van der Waals surface area contributed by atoms with Crippen LogP contribution < -0.4 is 11.3 Å². The normalized spacial score (nSPS) is 10.5. The number of H-pyrrole nitrogens is 1. The van der Waals surface area contributed by atoms with Gasteiger partial charge in [0.25, 0.3) is 5.56 Å². The molecule has 1 aromatic heterocycles. The third kappa shape index (κ3) is 4.70. The number of hydrogen-bond donors (Lipinski definition) is 2. The molecule has 0 unspecified atom stereocenters. The van der Waals surface area contributed by atoms with Gasteiger partial charge >= 0.3 is 0 Å². The van der Waals surface area contributed by atoms with Crippen LogP contribution in [0.3, 0.4) is 0 Å². The number of aryl methyl sites for hydroxylation is 1. The quantitative estimate of drug-likeness (QED) is 0.513. The molecule has 0 saturated carbocycles. The monoisotopic (exact) mass is 399 g/mol. The Bertz CT molecular complexity index is 1230. The van der Waals surface area contributed by atoms with Crippen LogP contribution in [0.4, 0.5) is 13.2 Å². The molecule has 29 heavy (non-hydrogen) atoms. The number of fused-ring (bicyclic) bond motifs is 1. The third-order valence-corrected chi connectivity index (χ3v) is 4.23. The Kier molecular flexibility index (Phi) is 6.09. The molecule has 0 atom stereocenters. The van der Waals surface area contributed by atoms with E-state index in [0.29, 0.717) is 22.0 Å². The largest absolute Gasteiger partial charge is 0.326 e. The molecule has 4 rings (SSSR count). The smallest absolute Gasteiger partial charge is 0.259 e. The molecule has 0 fully saturated rings. The molecular weight excluding hydrogens is 379 g/mol. The van der Waals surface area contributed by atoms with E-state index < -0.39 is 17.5 Å². The van der Waals surface area contributed by atoms with Crippen LogP contribution in [-0.2, 0) is 6.54 Å². The van der Waals surface area contributed by atoms with Crippen molar-refractivity contribution < 1.29 is 14.6 Å². The summed E-state index contributed by atoms with van der Waals surface area (Å²) in [5, 5.41) is 0.505. The Morgan fingerprint density at radius 2 is 1.76 bits per heavy atom. The lowest BCUT2D eigenvalue weighted by Crippen LogP contribution is -2.10. The fourth-order valence-corrected chi connectivity index (χ4v) is 2.72. The molecule has 1 heterocycles. The number of aromatic amines is 1. The van der Waals surface area contributed by atoms with Gasteiger partial charge in [0, 0.05) is 19.6 Å². The lowest BCUT2D eigenvalue weighted by atomic mass is 10.1. The summed E-state index contributed by atoms with van der Waals surface area (Å²) in [6.07, 6.45) is 0. The molecule has 0 aliphatic rings. The minimum atomic E-state index is -0.581. The summed E-state index contributed by atoms with van der Waals surface area (Å²) in [5.74, 6) is -1.31. The Labute approximate surface area is 166 Å². The number of hydrogen-bond acceptors (Lipinski definition) is 3. The first-order chi connectivity index (χ1) is 13.9. The van der Waals surface area contributed by atoms with Gasteiger partial charge in [-0.25, -0.2) is 18.2 Å². The zero-order valence-corrected chi connectivity index (χ0v) is 15.5. The molecule has 0 aliphatic carbocycles. The van der Waals surface area contributed by atoms with Crippen molar-refractivity contribution in [3.63, 3.8) is 0 Å². The summed E-state index contributed by atoms with van der Waals surface area (Å²) in [7, 11) is 0. The van der Waals surface area contributed by atoms with Crippen molar-refractivity contribution >= 4 is 10.9 Å². The number of halogens is 3. The van der Waals surface area contributed by atoms with Gasteiger partial charge in [-0.05, 0) is 42.8 Å². The van der Waals surface area contributed by atoms with Crippen LogP contribution in [0.2, 0.25) is 0 Å². The van der Waals surface area contributed by atoms with E-state index in [1.807, 2.05) is 19.1 Å². The van der Waals surface area contributed by atoms with Gasteiger partial charge in [0.1, 0.15) is 23.3 Å². The zero-order chi connectivity index (χ0) is 21.0. The van der Waals surface area contributed by atoms with Gasteiger partial charge < -0.3 is 10.7 Å². The van der Waals surface area contributed by atoms with E-state index in [1.165, 1.54) is 18.2 Å². The van der Waals surface area contributed by atoms with Gasteiger partial charge in [0.15, 0.2) is 0 Å². The molecule has 0 aliphatic heterocycles. The summed E-state index contributed by atoms with van der Waals surface area (Å²) in [5.41, 5.74) is 7.08. The van der Waals surface area contributed by atoms with Crippen LogP contribution in [0.5, 0.6) is 0 Å². The van der Waals surface area contributed by atoms with Crippen molar-refractivity contribution in [3.8, 4) is 11.4 Å². The summed E-state index contributed by atoms with van der Waals surface area (Å²) in [4.78, 5) is 18.9. The maximum Gasteiger partial charge on any atom is 0.259 e. The van der Waals surface area contributed by atoms with Crippen LogP contribution in [0.15, 0.2) is 65.5 Å². The fraction of sp³-hybridized carbons (Fsp3) is 0.0909. The second kappa shape index (κ2) is 8.70. The highest BCUT2D eigenvalue weighted by Crippen LogP contribution is 2.19. The maximum atomic E-state index is 13.7. The molecule has 0 radical (unpaired) electrons. The topological polar surface area (TPSA) is 71.8 Å². The zero-order valence-electron chi connectivity index (χ0n) is 15.5. The lowest BCUT2D eigenvalue weighted by Gasteiger charge is -2.04. The molecule has 0 spiro atoms. The molecule has 3 N–H and O–H groups in total. The van der Waals surface area contributed by atoms with Crippen molar-refractivity contribution in [1.82, 2.24) is 9.97 Å². The number of nitrogens with one attached hydrogen (secondary N) is 1. The number of rotatable bonds is 2. The number of nitrogens with zero attached hydrogens (tertiary/aromatic N) is 1. The van der Waals surface area contributed by atoms with E-state index in [2.05, 4.69) is 9.97 Å². The Morgan fingerprint density at radius 3 is 2.45 bits per heavy atom. The standard InChI is InChI=1S/C15H11FN2O.C7H7F2N.H2/c1-9-6-7-11-13(8-9)17-14(18-15(11)19)10-4-2-3-5-12(10)16;8-6-2-1-5(4-10)7(9)3-6;/h2-8H,1H3,(H,17,18,19);1-3H,4,10H2;1H. The highest BCUT2D eigenvalue weighted by atomic mass is 19.1. The van der Waals surface area contributed by atoms with Crippen molar-refractivity contribution in [1.29, 1.82) is 0 Å². The number of nitrogens with two attached hydrogens (primary N) is 1. The van der Waals surface area contributed by atoms with Crippen LogP contribution in [-0.4, -0.2) is 9.97 Å². The minimum Gasteiger partial charge on any atom is -0.326 e. The van der Waals surface area contributed by atoms with Crippen LogP contribution in [0.1, 0.15) is 12.6 Å². The second-order valence-electron chi connectivity index (χ2n) is 6.35. The summed E-state index contributed by atoms with van der Waals surface area (Å²) in [6, 6.07) is 15.0. The van der Waals surface area contributed by atoms with Gasteiger partial charge in [-0.3, -0.25) is 4.79 Å². The molecule has 7 heteroatoms. The third-order valence-electron chi connectivity index (χ3n) is 4.23. The molecule has 0 saturated heterocycles. The molecule has 150 valence electrons. The van der Waals surface area contributed by atoms with E-state index in [9.17, 15) is 18.0 Å². The van der Waals surface area contributed by atoms with Crippen LogP contribution >= 0.6 is 0 Å². The molecule has 0 bridgehead atoms. The van der Waals surface area contributed by atoms with Crippen LogP contribution in [0.25, 0.3) is 22.3 Å². The van der Waals surface area contributed by atoms with Gasteiger partial charge in [-0.2, -0.15) is 0 Å². The van der Waals surface area contributed by atoms with Crippen molar-refractivity contribution in [2.45, 2.75) is 13.5 Å². The van der Waals surface area contributed by atoms with E-state index >= 15 is 0 Å². The first-order valence-electron chi connectivity index (χ1n) is 8.78. The Hall–Kier alpha value is -3.45. The average Bonchev–Trinajstić information content (AvgIpc) is 2.68. The number of benzene rings is 3. The molecule has 3 aromatic carbocycles. The van der Waals surface area contributed by atoms with E-state index in [0.717, 1.165) is 11.6 Å². The van der Waals surface area contributed by atoms with Gasteiger partial charge in [-0.1, -0.05) is 24.3 Å². The lowest BCUT2D eigenvalue weighted by molar-refractivity contribution is 0.572. The first-order valence-corrected chi connectivity index (χ1v) is 8.78. The Balaban J connectivity index is 0.000000249. The minimum absolute atomic E-state index is 0. The number of aromatic nitrogens is 2. The highest BCUT2D eigenvalue weighted by Gasteiger charge is 2.09. The molecule has 0 amide bonds. The fourth-order valence-electron chi connectivity index (χ4n) is 2.72. The predicted molar refractivity (Wildman–Crippen MR) is 109 cm³/mol. The average molecular weight is 399 g/mol. The second-order valence-corrected chi connectivity index (χ2v) is 6.35. The van der Waals surface area contributed by atoms with Crippen molar-refractivity contribution in [3.05, 3.63) is 99.6 Å². The molecule has 4 nitrogen and oxygen atoms in total. The SMILES string of the molecule is Cc1ccc2c(=O)[nH]c(-c3ccccc3F)nc2c1.NCc1ccc(F)cc1F.[HH]. The molecular formula is C22H20F3N3O. The van der Waals surface area contributed by atoms with Crippen molar-refractivity contribution in [2.24, 2.45) is 5.73 Å². The van der Waals surface area contributed by atoms with Gasteiger partial charge in [0.2, 0.25) is 0 Å². The van der Waals surface area contributed by atoms with E-state index in [4.69, 9.17) is 5.73 Å². The van der Waals surface area contributed by atoms with E-state index in [1.54, 1.807) is 24.3 Å². The summed E-state index contributed by atoms with van der Waals surface area (Å²) < 4.78 is 38.5. The predicted octanol–water partition coefficient (Wildman–Crippen LogP) is 4.71. The van der Waals surface area contributed by atoms with Gasteiger partial charge in [-0.15, -0.1) is 0 Å². The summed E-state index contributed by atoms with van der Waals surface area (Å²) in [6.45, 7) is 2.02. The maximum absolute atomic E-state index is 13.7. The van der Waals surface area contributed by atoms with E-state index in [-0.39, 0.29) is 19.4 Å². The first kappa shape index (κ1) is 20.3. The van der Waals surface area contributed by atoms with Gasteiger partial charge in [0.05, 0.1) is 16.5 Å².